The summed E-state index contributed by atoms with van der Waals surface area (Å²) in [6.07, 6.45) is 0.651. The van der Waals surface area contributed by atoms with Crippen LogP contribution in [0.2, 0.25) is 0 Å². The molecule has 6 nitrogen and oxygen atoms in total. The first-order chi connectivity index (χ1) is 8.54. The predicted octanol–water partition coefficient (Wildman–Crippen LogP) is 0.758. The SMILES string of the molecule is COc1cnc(C(O)C(CN)C(C)C)c(OC)n1. The summed E-state index contributed by atoms with van der Waals surface area (Å²) in [6.45, 7) is 4.38. The highest BCUT2D eigenvalue weighted by Gasteiger charge is 2.27. The molecule has 0 spiro atoms. The van der Waals surface area contributed by atoms with Gasteiger partial charge in [-0.05, 0) is 12.5 Å². The summed E-state index contributed by atoms with van der Waals surface area (Å²) in [5, 5.41) is 10.3. The third-order valence-electron chi connectivity index (χ3n) is 2.96. The van der Waals surface area contributed by atoms with Gasteiger partial charge in [0.05, 0.1) is 20.4 Å². The monoisotopic (exact) mass is 255 g/mol. The minimum Gasteiger partial charge on any atom is -0.480 e. The van der Waals surface area contributed by atoms with E-state index >= 15 is 0 Å². The van der Waals surface area contributed by atoms with E-state index in [0.29, 0.717) is 18.1 Å². The third kappa shape index (κ3) is 3.08. The van der Waals surface area contributed by atoms with Crippen LogP contribution in [0.1, 0.15) is 25.6 Å². The molecule has 0 radical (unpaired) electrons. The van der Waals surface area contributed by atoms with Crippen LogP contribution in [0.25, 0.3) is 0 Å². The molecular weight excluding hydrogens is 234 g/mol. The minimum atomic E-state index is -0.802. The number of aromatic nitrogens is 2. The molecule has 6 heteroatoms. The Labute approximate surface area is 107 Å². The molecule has 3 N–H and O–H groups in total. The molecule has 0 aromatic carbocycles. The highest BCUT2D eigenvalue weighted by Crippen LogP contribution is 2.31. The summed E-state index contributed by atoms with van der Waals surface area (Å²) in [6, 6.07) is 0. The highest BCUT2D eigenvalue weighted by molar-refractivity contribution is 5.25. The van der Waals surface area contributed by atoms with E-state index in [1.165, 1.54) is 20.4 Å². The van der Waals surface area contributed by atoms with Gasteiger partial charge in [0.1, 0.15) is 11.8 Å². The van der Waals surface area contributed by atoms with Crippen LogP contribution in [0, 0.1) is 11.8 Å². The largest absolute Gasteiger partial charge is 0.480 e. The average Bonchev–Trinajstić information content (AvgIpc) is 2.38. The Morgan fingerprint density at radius 2 is 2.00 bits per heavy atom. The van der Waals surface area contributed by atoms with Crippen molar-refractivity contribution in [2.75, 3.05) is 20.8 Å². The molecule has 1 aromatic rings. The van der Waals surface area contributed by atoms with Gasteiger partial charge in [-0.3, -0.25) is 0 Å². The van der Waals surface area contributed by atoms with Gasteiger partial charge >= 0.3 is 0 Å². The fourth-order valence-corrected chi connectivity index (χ4v) is 1.79. The number of rotatable bonds is 6. The molecule has 0 saturated heterocycles. The van der Waals surface area contributed by atoms with E-state index in [0.717, 1.165) is 0 Å². The molecule has 1 aromatic heterocycles. The lowest BCUT2D eigenvalue weighted by molar-refractivity contribution is 0.0787. The van der Waals surface area contributed by atoms with Gasteiger partial charge in [-0.2, -0.15) is 4.98 Å². The predicted molar refractivity (Wildman–Crippen MR) is 67.5 cm³/mol. The zero-order chi connectivity index (χ0) is 13.7. The van der Waals surface area contributed by atoms with Gasteiger partial charge in [-0.1, -0.05) is 13.8 Å². The summed E-state index contributed by atoms with van der Waals surface area (Å²) in [5.74, 6) is 0.748. The minimum absolute atomic E-state index is 0.0957. The molecule has 1 rings (SSSR count). The molecule has 1 heterocycles. The average molecular weight is 255 g/mol. The Bertz CT molecular complexity index is 385. The number of ether oxygens (including phenoxy) is 2. The molecule has 102 valence electrons. The number of aliphatic hydroxyl groups excluding tert-OH is 1. The molecule has 2 atom stereocenters. The van der Waals surface area contributed by atoms with Crippen LogP contribution in [0.4, 0.5) is 0 Å². The molecule has 18 heavy (non-hydrogen) atoms. The fraction of sp³-hybridized carbons (Fsp3) is 0.667. The van der Waals surface area contributed by atoms with Crippen molar-refractivity contribution in [2.45, 2.75) is 20.0 Å². The van der Waals surface area contributed by atoms with Gasteiger partial charge in [0, 0.05) is 5.92 Å². The first-order valence-electron chi connectivity index (χ1n) is 5.88. The molecule has 0 amide bonds. The molecule has 0 saturated carbocycles. The van der Waals surface area contributed by atoms with Crippen molar-refractivity contribution in [2.24, 2.45) is 17.6 Å². The Kier molecular flexibility index (Phi) is 5.30. The van der Waals surface area contributed by atoms with Gasteiger partial charge in [0.15, 0.2) is 0 Å². The first kappa shape index (κ1) is 14.7. The number of methoxy groups -OCH3 is 2. The Morgan fingerprint density at radius 3 is 2.44 bits per heavy atom. The second kappa shape index (κ2) is 6.51. The van der Waals surface area contributed by atoms with Gasteiger partial charge in [0.2, 0.25) is 11.8 Å². The zero-order valence-electron chi connectivity index (χ0n) is 11.3. The van der Waals surface area contributed by atoms with Crippen LogP contribution in [0.5, 0.6) is 11.8 Å². The van der Waals surface area contributed by atoms with E-state index in [9.17, 15) is 5.11 Å². The van der Waals surface area contributed by atoms with Crippen LogP contribution in [-0.2, 0) is 0 Å². The van der Waals surface area contributed by atoms with Crippen LogP contribution in [0.3, 0.4) is 0 Å². The lowest BCUT2D eigenvalue weighted by Gasteiger charge is -2.25. The van der Waals surface area contributed by atoms with Crippen molar-refractivity contribution in [3.05, 3.63) is 11.9 Å². The van der Waals surface area contributed by atoms with Gasteiger partial charge in [-0.25, -0.2) is 4.98 Å². The summed E-state index contributed by atoms with van der Waals surface area (Å²) >= 11 is 0. The zero-order valence-corrected chi connectivity index (χ0v) is 11.3. The first-order valence-corrected chi connectivity index (χ1v) is 5.88. The van der Waals surface area contributed by atoms with Crippen molar-refractivity contribution in [3.63, 3.8) is 0 Å². The second-order valence-corrected chi connectivity index (χ2v) is 4.40. The van der Waals surface area contributed by atoms with Crippen LogP contribution >= 0.6 is 0 Å². The van der Waals surface area contributed by atoms with Gasteiger partial charge in [0.25, 0.3) is 0 Å². The van der Waals surface area contributed by atoms with Crippen molar-refractivity contribution < 1.29 is 14.6 Å². The van der Waals surface area contributed by atoms with E-state index in [1.807, 2.05) is 13.8 Å². The standard InChI is InChI=1S/C12H21N3O3/c1-7(2)8(5-13)11(16)10-12(18-4)15-9(17-3)6-14-10/h6-8,11,16H,5,13H2,1-4H3. The maximum Gasteiger partial charge on any atom is 0.241 e. The second-order valence-electron chi connectivity index (χ2n) is 4.40. The van der Waals surface area contributed by atoms with Gasteiger partial charge < -0.3 is 20.3 Å². The van der Waals surface area contributed by atoms with Crippen LogP contribution in [0.15, 0.2) is 6.20 Å². The molecular formula is C12H21N3O3. The van der Waals surface area contributed by atoms with Crippen LogP contribution in [-0.4, -0.2) is 35.8 Å². The third-order valence-corrected chi connectivity index (χ3v) is 2.96. The Morgan fingerprint density at radius 1 is 1.33 bits per heavy atom. The van der Waals surface area contributed by atoms with Crippen molar-refractivity contribution >= 4 is 0 Å². The molecule has 0 bridgehead atoms. The molecule has 0 aliphatic carbocycles. The molecule has 2 unspecified atom stereocenters. The number of nitrogens with two attached hydrogens (primary N) is 1. The normalized spacial score (nSPS) is 14.4. The fourth-order valence-electron chi connectivity index (χ4n) is 1.79. The number of nitrogens with zero attached hydrogens (tertiary/aromatic N) is 2. The summed E-state index contributed by atoms with van der Waals surface area (Å²) in [4.78, 5) is 8.25. The van der Waals surface area contributed by atoms with E-state index < -0.39 is 6.10 Å². The van der Waals surface area contributed by atoms with E-state index in [2.05, 4.69) is 9.97 Å². The Hall–Kier alpha value is -1.40. The van der Waals surface area contributed by atoms with Gasteiger partial charge in [-0.15, -0.1) is 0 Å². The van der Waals surface area contributed by atoms with Crippen molar-refractivity contribution in [1.29, 1.82) is 0 Å². The maximum absolute atomic E-state index is 10.3. The number of hydrogen-bond donors (Lipinski definition) is 2. The Balaban J connectivity index is 3.07. The summed E-state index contributed by atoms with van der Waals surface area (Å²) in [7, 11) is 2.98. The summed E-state index contributed by atoms with van der Waals surface area (Å²) < 4.78 is 10.1. The van der Waals surface area contributed by atoms with Crippen LogP contribution < -0.4 is 15.2 Å². The van der Waals surface area contributed by atoms with Crippen molar-refractivity contribution in [1.82, 2.24) is 9.97 Å². The lowest BCUT2D eigenvalue weighted by atomic mass is 9.88. The smallest absolute Gasteiger partial charge is 0.241 e. The number of hydrogen-bond acceptors (Lipinski definition) is 6. The van der Waals surface area contributed by atoms with E-state index in [-0.39, 0.29) is 17.7 Å². The molecule has 0 fully saturated rings. The van der Waals surface area contributed by atoms with E-state index in [1.54, 1.807) is 0 Å². The lowest BCUT2D eigenvalue weighted by Crippen LogP contribution is -2.27. The van der Waals surface area contributed by atoms with Crippen molar-refractivity contribution in [3.8, 4) is 11.8 Å². The molecule has 0 aliphatic rings. The highest BCUT2D eigenvalue weighted by atomic mass is 16.5. The molecule has 0 aliphatic heterocycles. The summed E-state index contributed by atoms with van der Waals surface area (Å²) in [5.41, 5.74) is 6.08. The maximum atomic E-state index is 10.3. The van der Waals surface area contributed by atoms with E-state index in [4.69, 9.17) is 15.2 Å². The number of aliphatic hydroxyl groups is 1. The quantitative estimate of drug-likeness (QED) is 0.780. The topological polar surface area (TPSA) is 90.5 Å².